The largest absolute Gasteiger partial charge is 0.460 e. The summed E-state index contributed by atoms with van der Waals surface area (Å²) in [6.45, 7) is 6.47. The van der Waals surface area contributed by atoms with Gasteiger partial charge >= 0.3 is 12.1 Å². The molecule has 0 unspecified atom stereocenters. The second-order valence-electron chi connectivity index (χ2n) is 6.94. The van der Waals surface area contributed by atoms with Crippen molar-refractivity contribution in [1.29, 1.82) is 0 Å². The second-order valence-corrected chi connectivity index (χ2v) is 6.94. The van der Waals surface area contributed by atoms with Gasteiger partial charge in [0.15, 0.2) is 0 Å². The Labute approximate surface area is 150 Å². The van der Waals surface area contributed by atoms with Crippen LogP contribution >= 0.6 is 0 Å². The molecular formula is C19H30N2O4. The van der Waals surface area contributed by atoms with E-state index in [1.54, 1.807) is 0 Å². The minimum Gasteiger partial charge on any atom is -0.460 e. The fourth-order valence-electron chi connectivity index (χ4n) is 2.27. The van der Waals surface area contributed by atoms with Crippen molar-refractivity contribution < 1.29 is 19.1 Å². The summed E-state index contributed by atoms with van der Waals surface area (Å²) in [6.07, 6.45) is 1.10. The van der Waals surface area contributed by atoms with E-state index < -0.39 is 11.7 Å². The van der Waals surface area contributed by atoms with Gasteiger partial charge in [-0.3, -0.25) is 4.79 Å². The number of rotatable bonds is 9. The third-order valence-corrected chi connectivity index (χ3v) is 3.35. The van der Waals surface area contributed by atoms with Gasteiger partial charge in [-0.05, 0) is 52.8 Å². The van der Waals surface area contributed by atoms with E-state index in [0.717, 1.165) is 18.5 Å². The third-order valence-electron chi connectivity index (χ3n) is 3.35. The number of ether oxygens (including phenoxy) is 2. The Morgan fingerprint density at radius 1 is 1.16 bits per heavy atom. The molecule has 0 aliphatic heterocycles. The molecule has 0 aliphatic carbocycles. The highest BCUT2D eigenvalue weighted by atomic mass is 16.6. The van der Waals surface area contributed by atoms with Crippen molar-refractivity contribution in [2.45, 2.75) is 58.3 Å². The molecule has 0 saturated heterocycles. The van der Waals surface area contributed by atoms with Crippen molar-refractivity contribution in [1.82, 2.24) is 10.6 Å². The molecule has 1 aromatic carbocycles. The van der Waals surface area contributed by atoms with Gasteiger partial charge in [-0.1, -0.05) is 30.3 Å². The van der Waals surface area contributed by atoms with Crippen LogP contribution in [0.5, 0.6) is 0 Å². The summed E-state index contributed by atoms with van der Waals surface area (Å²) in [4.78, 5) is 24.1. The molecule has 0 radical (unpaired) electrons. The van der Waals surface area contributed by atoms with E-state index in [1.165, 1.54) is 0 Å². The smallest absolute Gasteiger partial charge is 0.407 e. The van der Waals surface area contributed by atoms with Crippen LogP contribution in [-0.2, 0) is 20.9 Å². The lowest BCUT2D eigenvalue weighted by Gasteiger charge is -2.23. The molecule has 6 nitrogen and oxygen atoms in total. The number of amides is 1. The normalized spacial score (nSPS) is 12.3. The number of hydrogen-bond donors (Lipinski definition) is 2. The Morgan fingerprint density at radius 3 is 2.44 bits per heavy atom. The summed E-state index contributed by atoms with van der Waals surface area (Å²) in [5, 5.41) is 5.83. The highest BCUT2D eigenvalue weighted by Gasteiger charge is 2.22. The van der Waals surface area contributed by atoms with Crippen LogP contribution in [0.4, 0.5) is 4.79 Å². The van der Waals surface area contributed by atoms with E-state index in [2.05, 4.69) is 10.6 Å². The quantitative estimate of drug-likeness (QED) is 0.529. The first-order valence-corrected chi connectivity index (χ1v) is 8.64. The molecule has 140 valence electrons. The summed E-state index contributed by atoms with van der Waals surface area (Å²) < 4.78 is 10.6. The van der Waals surface area contributed by atoms with E-state index in [9.17, 15) is 9.59 Å². The van der Waals surface area contributed by atoms with Crippen LogP contribution in [0, 0.1) is 0 Å². The standard InChI is InChI=1S/C19H30N2O4/c1-19(2,3)25-17(22)13-16(11-8-12-20-4)21-18(23)24-14-15-9-6-5-7-10-15/h5-7,9-10,16,20H,8,11-14H2,1-4H3,(H,21,23)/t16-/m0/s1. The Kier molecular flexibility index (Phi) is 8.99. The summed E-state index contributed by atoms with van der Waals surface area (Å²) in [7, 11) is 1.87. The topological polar surface area (TPSA) is 76.7 Å². The van der Waals surface area contributed by atoms with Gasteiger partial charge < -0.3 is 20.1 Å². The van der Waals surface area contributed by atoms with Crippen molar-refractivity contribution in [3.8, 4) is 0 Å². The molecule has 25 heavy (non-hydrogen) atoms. The molecule has 0 fully saturated rings. The average Bonchev–Trinajstić information content (AvgIpc) is 2.52. The van der Waals surface area contributed by atoms with Crippen molar-refractivity contribution >= 4 is 12.1 Å². The highest BCUT2D eigenvalue weighted by Crippen LogP contribution is 2.11. The first kappa shape index (κ1) is 21.0. The molecule has 0 aliphatic rings. The maximum atomic E-state index is 12.0. The van der Waals surface area contributed by atoms with Gasteiger partial charge in [0.1, 0.15) is 12.2 Å². The Morgan fingerprint density at radius 2 is 1.84 bits per heavy atom. The van der Waals surface area contributed by atoms with Crippen molar-refractivity contribution in [2.24, 2.45) is 0 Å². The van der Waals surface area contributed by atoms with Crippen molar-refractivity contribution in [2.75, 3.05) is 13.6 Å². The molecule has 1 amide bonds. The van der Waals surface area contributed by atoms with E-state index in [4.69, 9.17) is 9.47 Å². The number of alkyl carbamates (subject to hydrolysis) is 1. The van der Waals surface area contributed by atoms with Crippen molar-refractivity contribution in [3.63, 3.8) is 0 Å². The fraction of sp³-hybridized carbons (Fsp3) is 0.579. The third kappa shape index (κ3) is 10.4. The van der Waals surface area contributed by atoms with Crippen LogP contribution in [0.2, 0.25) is 0 Å². The summed E-state index contributed by atoms with van der Waals surface area (Å²) in [6, 6.07) is 9.14. The Bertz CT molecular complexity index is 526. The van der Waals surface area contributed by atoms with Gasteiger partial charge in [0.05, 0.1) is 6.42 Å². The zero-order valence-electron chi connectivity index (χ0n) is 15.6. The Hall–Kier alpha value is -2.08. The van der Waals surface area contributed by atoms with Gasteiger partial charge in [-0.2, -0.15) is 0 Å². The minimum absolute atomic E-state index is 0.126. The maximum absolute atomic E-state index is 12.0. The van der Waals surface area contributed by atoms with Gasteiger partial charge in [0, 0.05) is 6.04 Å². The van der Waals surface area contributed by atoms with Crippen molar-refractivity contribution in [3.05, 3.63) is 35.9 Å². The van der Waals surface area contributed by atoms with Crippen LogP contribution in [0.25, 0.3) is 0 Å². The van der Waals surface area contributed by atoms with Crippen LogP contribution in [0.3, 0.4) is 0 Å². The number of hydrogen-bond acceptors (Lipinski definition) is 5. The predicted molar refractivity (Wildman–Crippen MR) is 97.2 cm³/mol. The van der Waals surface area contributed by atoms with E-state index in [-0.39, 0.29) is 25.0 Å². The first-order valence-electron chi connectivity index (χ1n) is 8.64. The molecule has 6 heteroatoms. The van der Waals surface area contributed by atoms with Gasteiger partial charge in [-0.25, -0.2) is 4.79 Å². The number of carbonyl (C=O) groups excluding carboxylic acids is 2. The van der Waals surface area contributed by atoms with Crippen LogP contribution in [0.15, 0.2) is 30.3 Å². The molecule has 0 aromatic heterocycles. The minimum atomic E-state index is -0.541. The predicted octanol–water partition coefficient (Wildman–Crippen LogP) is 3.01. The number of esters is 1. The highest BCUT2D eigenvalue weighted by molar-refractivity contribution is 5.73. The summed E-state index contributed by atoms with van der Waals surface area (Å²) in [5.41, 5.74) is 0.372. The number of benzene rings is 1. The van der Waals surface area contributed by atoms with E-state index >= 15 is 0 Å². The average molecular weight is 350 g/mol. The van der Waals surface area contributed by atoms with Gasteiger partial charge in [0.25, 0.3) is 0 Å². The zero-order chi connectivity index (χ0) is 18.7. The molecular weight excluding hydrogens is 320 g/mol. The van der Waals surface area contributed by atoms with Gasteiger partial charge in [0.2, 0.25) is 0 Å². The molecule has 0 saturated carbocycles. The SMILES string of the molecule is CNCCC[C@@H](CC(=O)OC(C)(C)C)NC(=O)OCc1ccccc1. The lowest BCUT2D eigenvalue weighted by Crippen LogP contribution is -2.38. The lowest BCUT2D eigenvalue weighted by atomic mass is 10.1. The van der Waals surface area contributed by atoms with Gasteiger partial charge in [-0.15, -0.1) is 0 Å². The summed E-state index contributed by atoms with van der Waals surface area (Å²) >= 11 is 0. The number of nitrogens with one attached hydrogen (secondary N) is 2. The number of carbonyl (C=O) groups is 2. The molecule has 1 atom stereocenters. The maximum Gasteiger partial charge on any atom is 0.407 e. The second kappa shape index (κ2) is 10.7. The molecule has 2 N–H and O–H groups in total. The lowest BCUT2D eigenvalue weighted by molar-refractivity contribution is -0.155. The summed E-state index contributed by atoms with van der Waals surface area (Å²) in [5.74, 6) is -0.328. The van der Waals surface area contributed by atoms with E-state index in [0.29, 0.717) is 6.42 Å². The fourth-order valence-corrected chi connectivity index (χ4v) is 2.27. The molecule has 0 bridgehead atoms. The van der Waals surface area contributed by atoms with E-state index in [1.807, 2.05) is 58.2 Å². The first-order chi connectivity index (χ1) is 11.8. The van der Waals surface area contributed by atoms with Crippen LogP contribution in [0.1, 0.15) is 45.6 Å². The molecule has 1 aromatic rings. The van der Waals surface area contributed by atoms with Crippen LogP contribution in [-0.4, -0.2) is 37.3 Å². The molecule has 1 rings (SSSR count). The van der Waals surface area contributed by atoms with Crippen LogP contribution < -0.4 is 10.6 Å². The molecule has 0 heterocycles. The zero-order valence-corrected chi connectivity index (χ0v) is 15.6. The Balaban J connectivity index is 2.50. The monoisotopic (exact) mass is 350 g/mol. The molecule has 0 spiro atoms.